The minimum absolute atomic E-state index is 0.281. The van der Waals surface area contributed by atoms with Gasteiger partial charge >= 0.3 is 0 Å². The molecular formula is C13H10BrF2NS. The summed E-state index contributed by atoms with van der Waals surface area (Å²) < 4.78 is 26.5. The van der Waals surface area contributed by atoms with Crippen LogP contribution in [0.5, 0.6) is 0 Å². The van der Waals surface area contributed by atoms with Crippen LogP contribution in [0.25, 0.3) is 0 Å². The van der Waals surface area contributed by atoms with Crippen molar-refractivity contribution < 1.29 is 8.78 Å². The lowest BCUT2D eigenvalue weighted by atomic mass is 10.2. The van der Waals surface area contributed by atoms with Gasteiger partial charge in [0.25, 0.3) is 0 Å². The van der Waals surface area contributed by atoms with Gasteiger partial charge in [-0.05, 0) is 35.9 Å². The van der Waals surface area contributed by atoms with E-state index < -0.39 is 0 Å². The van der Waals surface area contributed by atoms with Crippen molar-refractivity contribution in [3.05, 3.63) is 58.1 Å². The molecule has 0 fully saturated rings. The van der Waals surface area contributed by atoms with Crippen LogP contribution < -0.4 is 5.73 Å². The summed E-state index contributed by atoms with van der Waals surface area (Å²) in [5, 5.41) is 0. The van der Waals surface area contributed by atoms with E-state index in [4.69, 9.17) is 5.73 Å². The van der Waals surface area contributed by atoms with E-state index in [0.717, 1.165) is 14.9 Å². The minimum Gasteiger partial charge on any atom is -0.398 e. The summed E-state index contributed by atoms with van der Waals surface area (Å²) in [6, 6.07) is 8.86. The highest BCUT2D eigenvalue weighted by atomic mass is 79.9. The highest BCUT2D eigenvalue weighted by molar-refractivity contribution is 9.10. The molecule has 2 aromatic rings. The molecule has 0 atom stereocenters. The number of hydrogen-bond donors (Lipinski definition) is 1. The largest absolute Gasteiger partial charge is 0.398 e. The zero-order valence-corrected chi connectivity index (χ0v) is 11.7. The molecule has 1 nitrogen and oxygen atoms in total. The standard InChI is InChI=1S/C13H10BrF2NS/c14-11-5-9(15)2-1-8(11)7-18-13-4-3-10(16)6-12(13)17/h1-6H,7,17H2. The molecule has 18 heavy (non-hydrogen) atoms. The normalized spacial score (nSPS) is 10.6. The van der Waals surface area contributed by atoms with Gasteiger partial charge in [0.1, 0.15) is 11.6 Å². The van der Waals surface area contributed by atoms with Crippen molar-refractivity contribution in [3.8, 4) is 0 Å². The van der Waals surface area contributed by atoms with E-state index >= 15 is 0 Å². The maximum absolute atomic E-state index is 12.9. The smallest absolute Gasteiger partial charge is 0.125 e. The Morgan fingerprint density at radius 2 is 1.72 bits per heavy atom. The van der Waals surface area contributed by atoms with Gasteiger partial charge in [-0.1, -0.05) is 22.0 Å². The lowest BCUT2D eigenvalue weighted by Crippen LogP contribution is -1.91. The Kier molecular flexibility index (Phi) is 4.24. The number of thioether (sulfide) groups is 1. The quantitative estimate of drug-likeness (QED) is 0.657. The molecule has 0 spiro atoms. The van der Waals surface area contributed by atoms with Crippen LogP contribution in [0.15, 0.2) is 45.8 Å². The van der Waals surface area contributed by atoms with Gasteiger partial charge in [0.2, 0.25) is 0 Å². The van der Waals surface area contributed by atoms with E-state index in [-0.39, 0.29) is 11.6 Å². The van der Waals surface area contributed by atoms with E-state index in [2.05, 4.69) is 15.9 Å². The van der Waals surface area contributed by atoms with Gasteiger partial charge in [-0.3, -0.25) is 0 Å². The second kappa shape index (κ2) is 5.71. The third-order valence-corrected chi connectivity index (χ3v) is 4.25. The van der Waals surface area contributed by atoms with Gasteiger partial charge < -0.3 is 5.73 Å². The van der Waals surface area contributed by atoms with E-state index in [1.165, 1.54) is 36.0 Å². The van der Waals surface area contributed by atoms with Crippen molar-refractivity contribution in [2.75, 3.05) is 5.73 Å². The molecule has 94 valence electrons. The van der Waals surface area contributed by atoms with Gasteiger partial charge in [-0.25, -0.2) is 8.78 Å². The lowest BCUT2D eigenvalue weighted by Gasteiger charge is -2.07. The number of halogens is 3. The first-order chi connectivity index (χ1) is 8.56. The number of anilines is 1. The van der Waals surface area contributed by atoms with Crippen molar-refractivity contribution in [2.24, 2.45) is 0 Å². The maximum atomic E-state index is 12.9. The van der Waals surface area contributed by atoms with Gasteiger partial charge in [-0.2, -0.15) is 0 Å². The Labute approximate surface area is 117 Å². The third kappa shape index (κ3) is 3.23. The molecule has 0 radical (unpaired) electrons. The summed E-state index contributed by atoms with van der Waals surface area (Å²) >= 11 is 4.79. The van der Waals surface area contributed by atoms with Gasteiger partial charge in [-0.15, -0.1) is 11.8 Å². The first-order valence-electron chi connectivity index (χ1n) is 5.18. The summed E-state index contributed by atoms with van der Waals surface area (Å²) in [5.74, 6) is 0.00759. The highest BCUT2D eigenvalue weighted by Gasteiger charge is 2.05. The first-order valence-corrected chi connectivity index (χ1v) is 6.96. The molecule has 0 saturated heterocycles. The third-order valence-electron chi connectivity index (χ3n) is 2.37. The highest BCUT2D eigenvalue weighted by Crippen LogP contribution is 2.31. The van der Waals surface area contributed by atoms with Crippen molar-refractivity contribution in [2.45, 2.75) is 10.6 Å². The average molecular weight is 330 g/mol. The summed E-state index contributed by atoms with van der Waals surface area (Å²) in [4.78, 5) is 0.813. The van der Waals surface area contributed by atoms with Crippen molar-refractivity contribution in [1.29, 1.82) is 0 Å². The van der Waals surface area contributed by atoms with Gasteiger partial charge in [0.05, 0.1) is 0 Å². The fraction of sp³-hybridized carbons (Fsp3) is 0.0769. The molecule has 5 heteroatoms. The fourth-order valence-electron chi connectivity index (χ4n) is 1.45. The number of hydrogen-bond acceptors (Lipinski definition) is 2. The van der Waals surface area contributed by atoms with Crippen LogP contribution in [0.2, 0.25) is 0 Å². The lowest BCUT2D eigenvalue weighted by molar-refractivity contribution is 0.626. The van der Waals surface area contributed by atoms with E-state index in [9.17, 15) is 8.78 Å². The molecule has 0 saturated carbocycles. The minimum atomic E-state index is -0.347. The number of nitrogen functional groups attached to an aromatic ring is 1. The van der Waals surface area contributed by atoms with Crippen LogP contribution in [0.1, 0.15) is 5.56 Å². The Balaban J connectivity index is 2.11. The molecule has 0 aliphatic carbocycles. The summed E-state index contributed by atoms with van der Waals surface area (Å²) in [7, 11) is 0. The topological polar surface area (TPSA) is 26.0 Å². The molecule has 0 heterocycles. The van der Waals surface area contributed by atoms with Crippen LogP contribution in [-0.2, 0) is 5.75 Å². The number of nitrogens with two attached hydrogens (primary N) is 1. The Morgan fingerprint density at radius 1 is 1.06 bits per heavy atom. The molecule has 0 aliphatic rings. The number of benzene rings is 2. The zero-order chi connectivity index (χ0) is 13.1. The molecule has 2 aromatic carbocycles. The predicted octanol–water partition coefficient (Wildman–Crippen LogP) is 4.60. The van der Waals surface area contributed by atoms with E-state index in [1.807, 2.05) is 0 Å². The number of rotatable bonds is 3. The van der Waals surface area contributed by atoms with Crippen LogP contribution in [0, 0.1) is 11.6 Å². The van der Waals surface area contributed by atoms with Crippen molar-refractivity contribution in [3.63, 3.8) is 0 Å². The molecule has 0 bridgehead atoms. The maximum Gasteiger partial charge on any atom is 0.125 e. The van der Waals surface area contributed by atoms with Crippen LogP contribution in [0.4, 0.5) is 14.5 Å². The Bertz CT molecular complexity index is 523. The monoisotopic (exact) mass is 329 g/mol. The molecule has 0 amide bonds. The van der Waals surface area contributed by atoms with Gasteiger partial charge in [0.15, 0.2) is 0 Å². The van der Waals surface area contributed by atoms with Gasteiger partial charge in [0, 0.05) is 20.8 Å². The SMILES string of the molecule is Nc1cc(F)ccc1SCc1ccc(F)cc1Br. The molecule has 0 unspecified atom stereocenters. The first kappa shape index (κ1) is 13.4. The summed E-state index contributed by atoms with van der Waals surface area (Å²) in [6.45, 7) is 0. The van der Waals surface area contributed by atoms with E-state index in [1.54, 1.807) is 12.1 Å². The van der Waals surface area contributed by atoms with Crippen LogP contribution in [0.3, 0.4) is 0 Å². The van der Waals surface area contributed by atoms with Crippen LogP contribution in [-0.4, -0.2) is 0 Å². The van der Waals surface area contributed by atoms with Crippen molar-refractivity contribution in [1.82, 2.24) is 0 Å². The molecule has 2 rings (SSSR count). The average Bonchev–Trinajstić information content (AvgIpc) is 2.30. The fourth-order valence-corrected chi connectivity index (χ4v) is 3.07. The van der Waals surface area contributed by atoms with E-state index in [0.29, 0.717) is 11.4 Å². The second-order valence-corrected chi connectivity index (χ2v) is 5.58. The summed E-state index contributed by atoms with van der Waals surface area (Å²) in [6.07, 6.45) is 0. The molecular weight excluding hydrogens is 320 g/mol. The van der Waals surface area contributed by atoms with Crippen molar-refractivity contribution >= 4 is 33.4 Å². The molecule has 0 aromatic heterocycles. The second-order valence-electron chi connectivity index (χ2n) is 3.71. The van der Waals surface area contributed by atoms with Crippen LogP contribution >= 0.6 is 27.7 Å². The zero-order valence-electron chi connectivity index (χ0n) is 9.29. The molecule has 2 N–H and O–H groups in total. The molecule has 0 aliphatic heterocycles. The predicted molar refractivity (Wildman–Crippen MR) is 74.5 cm³/mol. The summed E-state index contributed by atoms with van der Waals surface area (Å²) in [5.41, 5.74) is 7.09. The Hall–Kier alpha value is -1.07. The Morgan fingerprint density at radius 3 is 2.39 bits per heavy atom.